The summed E-state index contributed by atoms with van der Waals surface area (Å²) in [4.78, 5) is 0. The summed E-state index contributed by atoms with van der Waals surface area (Å²) in [5.41, 5.74) is 1.77. The molecule has 0 unspecified atom stereocenters. The molecule has 2 nitrogen and oxygen atoms in total. The van der Waals surface area contributed by atoms with Crippen LogP contribution < -0.4 is 5.46 Å². The van der Waals surface area contributed by atoms with Crippen molar-refractivity contribution in [3.63, 3.8) is 0 Å². The Bertz CT molecular complexity index is 785. The molecule has 0 spiro atoms. The zero-order chi connectivity index (χ0) is 18.2. The Kier molecular flexibility index (Phi) is 5.05. The summed E-state index contributed by atoms with van der Waals surface area (Å²) in [5.74, 6) is 0. The first kappa shape index (κ1) is 18.5. The van der Waals surface area contributed by atoms with Crippen molar-refractivity contribution in [2.75, 3.05) is 0 Å². The van der Waals surface area contributed by atoms with E-state index in [1.54, 1.807) is 0 Å². The number of benzene rings is 2. The van der Waals surface area contributed by atoms with Gasteiger partial charge >= 0.3 is 7.12 Å². The molecule has 0 atom stereocenters. The van der Waals surface area contributed by atoms with Crippen LogP contribution in [0.1, 0.15) is 38.8 Å². The van der Waals surface area contributed by atoms with Gasteiger partial charge in [-0.25, -0.2) is 0 Å². The van der Waals surface area contributed by atoms with Gasteiger partial charge in [0.15, 0.2) is 0 Å². The monoisotopic (exact) mass is 374 g/mol. The molecule has 0 bridgehead atoms. The number of hydrogen-bond acceptors (Lipinski definition) is 2. The van der Waals surface area contributed by atoms with E-state index in [2.05, 4.69) is 0 Å². The lowest BCUT2D eigenvalue weighted by Crippen LogP contribution is -2.41. The van der Waals surface area contributed by atoms with Gasteiger partial charge in [-0.05, 0) is 44.9 Å². The minimum absolute atomic E-state index is 0.444. The topological polar surface area (TPSA) is 18.5 Å². The van der Waals surface area contributed by atoms with E-state index in [1.165, 1.54) is 0 Å². The van der Waals surface area contributed by atoms with Gasteiger partial charge in [0.1, 0.15) is 0 Å². The van der Waals surface area contributed by atoms with Crippen LogP contribution in [0.5, 0.6) is 0 Å². The van der Waals surface area contributed by atoms with Crippen molar-refractivity contribution >= 4 is 47.9 Å². The van der Waals surface area contributed by atoms with E-state index in [4.69, 9.17) is 32.5 Å². The van der Waals surface area contributed by atoms with E-state index in [1.807, 2.05) is 82.3 Å². The maximum absolute atomic E-state index is 6.65. The smallest absolute Gasteiger partial charge is 0.399 e. The van der Waals surface area contributed by atoms with Crippen molar-refractivity contribution in [1.29, 1.82) is 0 Å². The van der Waals surface area contributed by atoms with Crippen LogP contribution in [0.15, 0.2) is 42.5 Å². The lowest BCUT2D eigenvalue weighted by atomic mass is 9.78. The molecule has 130 valence electrons. The average molecular weight is 375 g/mol. The van der Waals surface area contributed by atoms with Crippen molar-refractivity contribution < 1.29 is 9.31 Å². The summed E-state index contributed by atoms with van der Waals surface area (Å²) >= 11 is 13.1. The van der Waals surface area contributed by atoms with E-state index in [0.717, 1.165) is 11.1 Å². The van der Waals surface area contributed by atoms with Gasteiger partial charge < -0.3 is 9.31 Å². The van der Waals surface area contributed by atoms with Crippen LogP contribution in [-0.4, -0.2) is 18.3 Å². The van der Waals surface area contributed by atoms with Crippen molar-refractivity contribution in [3.8, 4) is 0 Å². The van der Waals surface area contributed by atoms with E-state index >= 15 is 0 Å². The van der Waals surface area contributed by atoms with E-state index < -0.39 is 18.3 Å². The fourth-order valence-electron chi connectivity index (χ4n) is 2.64. The Hall–Kier alpha value is -1.26. The van der Waals surface area contributed by atoms with E-state index in [-0.39, 0.29) is 0 Å². The first-order valence-electron chi connectivity index (χ1n) is 8.28. The standard InChI is InChI=1S/C20H21BCl2O2/c1-19(2)20(3,4)25-21(24-19)17-16(22)13-12-15(18(17)23)11-10-14-8-6-5-7-9-14/h5-13H,1-4H3/b11-10+. The van der Waals surface area contributed by atoms with Crippen LogP contribution in [-0.2, 0) is 9.31 Å². The normalized spacial score (nSPS) is 18.9. The molecule has 0 N–H and O–H groups in total. The Morgan fingerprint density at radius 1 is 0.840 bits per heavy atom. The SMILES string of the molecule is CC1(C)OB(c2c(Cl)ccc(/C=C/c3ccccc3)c2Cl)OC1(C)C. The van der Waals surface area contributed by atoms with Crippen molar-refractivity contribution in [2.45, 2.75) is 38.9 Å². The van der Waals surface area contributed by atoms with Crippen molar-refractivity contribution in [3.05, 3.63) is 63.6 Å². The minimum atomic E-state index is -0.588. The van der Waals surface area contributed by atoms with Crippen LogP contribution in [0, 0.1) is 0 Å². The molecule has 0 aromatic heterocycles. The van der Waals surface area contributed by atoms with Crippen LogP contribution in [0.2, 0.25) is 10.0 Å². The summed E-state index contributed by atoms with van der Waals surface area (Å²) in [6.45, 7) is 8.03. The summed E-state index contributed by atoms with van der Waals surface area (Å²) in [6.07, 6.45) is 3.99. The fourth-order valence-corrected chi connectivity index (χ4v) is 3.25. The molecular weight excluding hydrogens is 354 g/mol. The number of hydrogen-bond donors (Lipinski definition) is 0. The molecule has 1 heterocycles. The maximum Gasteiger partial charge on any atom is 0.497 e. The van der Waals surface area contributed by atoms with Crippen LogP contribution in [0.4, 0.5) is 0 Å². The molecule has 5 heteroatoms. The quantitative estimate of drug-likeness (QED) is 0.524. The molecule has 2 aromatic carbocycles. The lowest BCUT2D eigenvalue weighted by molar-refractivity contribution is 0.00578. The first-order chi connectivity index (χ1) is 11.7. The molecule has 1 aliphatic heterocycles. The van der Waals surface area contributed by atoms with E-state index in [9.17, 15) is 0 Å². The maximum atomic E-state index is 6.65. The van der Waals surface area contributed by atoms with Crippen LogP contribution in [0.3, 0.4) is 0 Å². The second-order valence-electron chi connectivity index (χ2n) is 7.20. The second-order valence-corrected chi connectivity index (χ2v) is 7.98. The Morgan fingerprint density at radius 2 is 1.44 bits per heavy atom. The summed E-state index contributed by atoms with van der Waals surface area (Å²) in [7, 11) is -0.588. The largest absolute Gasteiger partial charge is 0.497 e. The third-order valence-corrected chi connectivity index (χ3v) is 5.65. The Balaban J connectivity index is 1.95. The predicted octanol–water partition coefficient (Wildman–Crippen LogP) is 5.46. The van der Waals surface area contributed by atoms with Gasteiger partial charge in [0.25, 0.3) is 0 Å². The Morgan fingerprint density at radius 3 is 2.04 bits per heavy atom. The number of rotatable bonds is 3. The highest BCUT2D eigenvalue weighted by molar-refractivity contribution is 6.69. The number of halogens is 2. The van der Waals surface area contributed by atoms with Crippen molar-refractivity contribution in [1.82, 2.24) is 0 Å². The van der Waals surface area contributed by atoms with Gasteiger partial charge in [-0.1, -0.05) is 71.8 Å². The molecular formula is C20H21BCl2O2. The second kappa shape index (κ2) is 6.81. The van der Waals surface area contributed by atoms with Gasteiger partial charge in [0.05, 0.1) is 11.2 Å². The van der Waals surface area contributed by atoms with Gasteiger partial charge in [-0.2, -0.15) is 0 Å². The first-order valence-corrected chi connectivity index (χ1v) is 9.03. The molecule has 25 heavy (non-hydrogen) atoms. The summed E-state index contributed by atoms with van der Waals surface area (Å²) < 4.78 is 12.2. The van der Waals surface area contributed by atoms with Gasteiger partial charge in [0, 0.05) is 15.5 Å². The van der Waals surface area contributed by atoms with Crippen LogP contribution >= 0.6 is 23.2 Å². The highest BCUT2D eigenvalue weighted by Gasteiger charge is 2.52. The molecule has 2 aromatic rings. The van der Waals surface area contributed by atoms with Crippen LogP contribution in [0.25, 0.3) is 12.2 Å². The van der Waals surface area contributed by atoms with Gasteiger partial charge in [-0.15, -0.1) is 0 Å². The van der Waals surface area contributed by atoms with E-state index in [0.29, 0.717) is 15.5 Å². The van der Waals surface area contributed by atoms with Gasteiger partial charge in [0.2, 0.25) is 0 Å². The molecule has 1 fully saturated rings. The lowest BCUT2D eigenvalue weighted by Gasteiger charge is -2.32. The molecule has 1 aliphatic rings. The molecule has 0 saturated carbocycles. The minimum Gasteiger partial charge on any atom is -0.399 e. The molecule has 0 aliphatic carbocycles. The van der Waals surface area contributed by atoms with Crippen molar-refractivity contribution in [2.24, 2.45) is 0 Å². The van der Waals surface area contributed by atoms with Gasteiger partial charge in [-0.3, -0.25) is 0 Å². The zero-order valence-electron chi connectivity index (χ0n) is 14.8. The Labute approximate surface area is 159 Å². The predicted molar refractivity (Wildman–Crippen MR) is 108 cm³/mol. The molecule has 0 amide bonds. The molecule has 0 radical (unpaired) electrons. The highest BCUT2D eigenvalue weighted by atomic mass is 35.5. The summed E-state index contributed by atoms with van der Waals surface area (Å²) in [6, 6.07) is 13.8. The summed E-state index contributed by atoms with van der Waals surface area (Å²) in [5, 5.41) is 1.10. The third kappa shape index (κ3) is 3.66. The molecule has 1 saturated heterocycles. The molecule has 3 rings (SSSR count). The fraction of sp³-hybridized carbons (Fsp3) is 0.300. The zero-order valence-corrected chi connectivity index (χ0v) is 16.4. The highest BCUT2D eigenvalue weighted by Crippen LogP contribution is 2.38. The third-order valence-electron chi connectivity index (χ3n) is 4.90. The average Bonchev–Trinajstić information content (AvgIpc) is 2.75.